The molecule has 4 heteroatoms. The molecule has 1 heterocycles. The second kappa shape index (κ2) is 6.80. The second-order valence-electron chi connectivity index (χ2n) is 4.35. The first kappa shape index (κ1) is 12.5. The van der Waals surface area contributed by atoms with Gasteiger partial charge in [0.05, 0.1) is 6.42 Å². The van der Waals surface area contributed by atoms with E-state index in [-0.39, 0.29) is 6.42 Å². The van der Waals surface area contributed by atoms with Crippen LogP contribution in [-0.4, -0.2) is 60.6 Å². The zero-order chi connectivity index (χ0) is 11.1. The first-order chi connectivity index (χ1) is 7.18. The minimum atomic E-state index is -0.707. The van der Waals surface area contributed by atoms with E-state index in [1.165, 1.54) is 25.9 Å². The fraction of sp³-hybridized carbons (Fsp3) is 0.909. The van der Waals surface area contributed by atoms with Gasteiger partial charge in [0.1, 0.15) is 0 Å². The largest absolute Gasteiger partial charge is 0.481 e. The van der Waals surface area contributed by atoms with Crippen LogP contribution in [0.15, 0.2) is 0 Å². The molecule has 1 rings (SSSR count). The Morgan fingerprint density at radius 2 is 2.00 bits per heavy atom. The van der Waals surface area contributed by atoms with Crippen LogP contribution in [0.3, 0.4) is 0 Å². The molecule has 1 aliphatic rings. The lowest BCUT2D eigenvalue weighted by Crippen LogP contribution is -2.27. The summed E-state index contributed by atoms with van der Waals surface area (Å²) in [6.45, 7) is 5.33. The number of nitrogens with zero attached hydrogens (tertiary/aromatic N) is 2. The number of carbonyl (C=O) groups is 1. The number of hydrogen-bond acceptors (Lipinski definition) is 3. The Labute approximate surface area is 91.9 Å². The van der Waals surface area contributed by atoms with E-state index >= 15 is 0 Å². The summed E-state index contributed by atoms with van der Waals surface area (Å²) >= 11 is 0. The van der Waals surface area contributed by atoms with Crippen LogP contribution >= 0.6 is 0 Å². The molecule has 88 valence electrons. The number of aliphatic carboxylic acids is 1. The third-order valence-corrected chi connectivity index (χ3v) is 2.92. The Kier molecular flexibility index (Phi) is 5.65. The highest BCUT2D eigenvalue weighted by atomic mass is 16.4. The van der Waals surface area contributed by atoms with E-state index in [9.17, 15) is 4.79 Å². The van der Waals surface area contributed by atoms with Crippen molar-refractivity contribution in [2.24, 2.45) is 0 Å². The van der Waals surface area contributed by atoms with Gasteiger partial charge in [0, 0.05) is 6.54 Å². The van der Waals surface area contributed by atoms with Gasteiger partial charge in [-0.3, -0.25) is 4.79 Å². The number of rotatable bonds is 7. The summed E-state index contributed by atoms with van der Waals surface area (Å²) in [7, 11) is 1.99. The van der Waals surface area contributed by atoms with Crippen molar-refractivity contribution < 1.29 is 9.90 Å². The Balaban J connectivity index is 1.96. The van der Waals surface area contributed by atoms with Crippen LogP contribution in [0.4, 0.5) is 0 Å². The molecule has 1 fully saturated rings. The summed E-state index contributed by atoms with van der Waals surface area (Å²) in [6.07, 6.45) is 4.08. The van der Waals surface area contributed by atoms with Crippen molar-refractivity contribution in [3.63, 3.8) is 0 Å². The predicted molar refractivity (Wildman–Crippen MR) is 60.0 cm³/mol. The molecule has 1 N–H and O–H groups in total. The topological polar surface area (TPSA) is 43.8 Å². The minimum Gasteiger partial charge on any atom is -0.481 e. The molecule has 0 aromatic carbocycles. The van der Waals surface area contributed by atoms with Gasteiger partial charge in [-0.1, -0.05) is 0 Å². The summed E-state index contributed by atoms with van der Waals surface area (Å²) in [5.41, 5.74) is 0. The van der Waals surface area contributed by atoms with Gasteiger partial charge in [0.2, 0.25) is 0 Å². The molecule has 1 saturated heterocycles. The molecule has 1 aliphatic heterocycles. The van der Waals surface area contributed by atoms with E-state index < -0.39 is 5.97 Å². The van der Waals surface area contributed by atoms with Crippen molar-refractivity contribution in [2.45, 2.75) is 25.7 Å². The molecule has 15 heavy (non-hydrogen) atoms. The quantitative estimate of drug-likeness (QED) is 0.683. The van der Waals surface area contributed by atoms with Crippen molar-refractivity contribution >= 4 is 5.97 Å². The molecule has 4 nitrogen and oxygen atoms in total. The van der Waals surface area contributed by atoms with Crippen LogP contribution in [0.5, 0.6) is 0 Å². The molecule has 0 atom stereocenters. The van der Waals surface area contributed by atoms with E-state index in [4.69, 9.17) is 5.11 Å². The average Bonchev–Trinajstić information content (AvgIpc) is 2.67. The standard InChI is InChI=1S/C11H22N2O2/c1-12(10-5-11(14)15)6-4-9-13-7-2-3-8-13/h2-10H2,1H3,(H,14,15). The summed E-state index contributed by atoms with van der Waals surface area (Å²) < 4.78 is 0. The summed E-state index contributed by atoms with van der Waals surface area (Å²) in [6, 6.07) is 0. The fourth-order valence-electron chi connectivity index (χ4n) is 1.97. The maximum atomic E-state index is 10.4. The van der Waals surface area contributed by atoms with E-state index in [0.717, 1.165) is 19.5 Å². The molecular formula is C11H22N2O2. The van der Waals surface area contributed by atoms with Crippen molar-refractivity contribution in [3.05, 3.63) is 0 Å². The van der Waals surface area contributed by atoms with Gasteiger partial charge in [-0.05, 0) is 52.5 Å². The highest BCUT2D eigenvalue weighted by molar-refractivity contribution is 5.66. The Morgan fingerprint density at radius 3 is 2.60 bits per heavy atom. The SMILES string of the molecule is CN(CCCN1CCCC1)CCC(=O)O. The van der Waals surface area contributed by atoms with Gasteiger partial charge in [-0.15, -0.1) is 0 Å². The molecular weight excluding hydrogens is 192 g/mol. The maximum absolute atomic E-state index is 10.4. The lowest BCUT2D eigenvalue weighted by Gasteiger charge is -2.18. The van der Waals surface area contributed by atoms with E-state index in [1.807, 2.05) is 7.05 Å². The molecule has 0 aliphatic carbocycles. The zero-order valence-electron chi connectivity index (χ0n) is 9.61. The lowest BCUT2D eigenvalue weighted by atomic mass is 10.3. The maximum Gasteiger partial charge on any atom is 0.304 e. The Bertz CT molecular complexity index is 191. The highest BCUT2D eigenvalue weighted by Crippen LogP contribution is 2.07. The highest BCUT2D eigenvalue weighted by Gasteiger charge is 2.10. The normalized spacial score (nSPS) is 17.5. The van der Waals surface area contributed by atoms with Gasteiger partial charge in [0.25, 0.3) is 0 Å². The molecule has 0 amide bonds. The Morgan fingerprint density at radius 1 is 1.33 bits per heavy atom. The van der Waals surface area contributed by atoms with Crippen molar-refractivity contribution in [2.75, 3.05) is 39.8 Å². The second-order valence-corrected chi connectivity index (χ2v) is 4.35. The molecule has 0 spiro atoms. The summed E-state index contributed by atoms with van der Waals surface area (Å²) in [4.78, 5) is 14.9. The first-order valence-corrected chi connectivity index (χ1v) is 5.81. The summed E-state index contributed by atoms with van der Waals surface area (Å²) in [5, 5.41) is 8.53. The Hall–Kier alpha value is -0.610. The van der Waals surface area contributed by atoms with Gasteiger partial charge >= 0.3 is 5.97 Å². The van der Waals surface area contributed by atoms with E-state index in [0.29, 0.717) is 6.54 Å². The van der Waals surface area contributed by atoms with Gasteiger partial charge in [-0.2, -0.15) is 0 Å². The van der Waals surface area contributed by atoms with E-state index in [2.05, 4.69) is 9.80 Å². The molecule has 0 unspecified atom stereocenters. The van der Waals surface area contributed by atoms with Crippen molar-refractivity contribution in [3.8, 4) is 0 Å². The van der Waals surface area contributed by atoms with Crippen molar-refractivity contribution in [1.29, 1.82) is 0 Å². The molecule has 0 bridgehead atoms. The lowest BCUT2D eigenvalue weighted by molar-refractivity contribution is -0.137. The zero-order valence-corrected chi connectivity index (χ0v) is 9.61. The third kappa shape index (κ3) is 5.74. The number of carboxylic acids is 1. The minimum absolute atomic E-state index is 0.250. The van der Waals surface area contributed by atoms with Crippen LogP contribution in [0, 0.1) is 0 Å². The number of hydrogen-bond donors (Lipinski definition) is 1. The van der Waals surface area contributed by atoms with Crippen LogP contribution in [0.25, 0.3) is 0 Å². The van der Waals surface area contributed by atoms with Crippen LogP contribution in [0.2, 0.25) is 0 Å². The van der Waals surface area contributed by atoms with Gasteiger partial charge in [0.15, 0.2) is 0 Å². The van der Waals surface area contributed by atoms with Crippen molar-refractivity contribution in [1.82, 2.24) is 9.80 Å². The molecule has 0 saturated carbocycles. The number of likely N-dealkylation sites (tertiary alicyclic amines) is 1. The summed E-state index contributed by atoms with van der Waals surface area (Å²) in [5.74, 6) is -0.707. The van der Waals surface area contributed by atoms with E-state index in [1.54, 1.807) is 0 Å². The van der Waals surface area contributed by atoms with Gasteiger partial charge < -0.3 is 14.9 Å². The van der Waals surface area contributed by atoms with Crippen LogP contribution in [-0.2, 0) is 4.79 Å². The third-order valence-electron chi connectivity index (χ3n) is 2.92. The molecule has 0 aromatic rings. The fourth-order valence-corrected chi connectivity index (χ4v) is 1.97. The molecule has 0 aromatic heterocycles. The predicted octanol–water partition coefficient (Wildman–Crippen LogP) is 0.879. The smallest absolute Gasteiger partial charge is 0.304 e. The monoisotopic (exact) mass is 214 g/mol. The molecule has 0 radical (unpaired) electrons. The average molecular weight is 214 g/mol. The van der Waals surface area contributed by atoms with Gasteiger partial charge in [-0.25, -0.2) is 0 Å². The first-order valence-electron chi connectivity index (χ1n) is 5.81. The number of carboxylic acid groups (broad SMARTS) is 1. The van der Waals surface area contributed by atoms with Crippen LogP contribution in [0.1, 0.15) is 25.7 Å². The van der Waals surface area contributed by atoms with Crippen LogP contribution < -0.4 is 0 Å².